The van der Waals surface area contributed by atoms with Gasteiger partial charge in [0.2, 0.25) is 0 Å². The molecule has 0 amide bonds. The van der Waals surface area contributed by atoms with Gasteiger partial charge in [0.1, 0.15) is 10.3 Å². The van der Waals surface area contributed by atoms with Crippen molar-refractivity contribution in [2.45, 2.75) is 6.54 Å². The molecule has 6 heteroatoms. The summed E-state index contributed by atoms with van der Waals surface area (Å²) in [6.07, 6.45) is 1.72. The minimum absolute atomic E-state index is 0.0129. The number of thiazole rings is 1. The van der Waals surface area contributed by atoms with Crippen molar-refractivity contribution in [3.05, 3.63) is 49.2 Å². The molecule has 0 aromatic carbocycles. The fraction of sp³-hybridized carbons (Fsp3) is 0.111. The van der Waals surface area contributed by atoms with Crippen LogP contribution in [0, 0.1) is 0 Å². The van der Waals surface area contributed by atoms with Gasteiger partial charge in [-0.1, -0.05) is 40.6 Å². The van der Waals surface area contributed by atoms with Crippen LogP contribution in [0.25, 0.3) is 0 Å². The second kappa shape index (κ2) is 4.35. The molecule has 2 rings (SSSR count). The summed E-state index contributed by atoms with van der Waals surface area (Å²) in [4.78, 5) is 15.2. The Morgan fingerprint density at radius 2 is 2.20 bits per heavy atom. The Morgan fingerprint density at radius 1 is 1.40 bits per heavy atom. The summed E-state index contributed by atoms with van der Waals surface area (Å²) in [7, 11) is 0. The molecule has 2 aromatic heterocycles. The van der Waals surface area contributed by atoms with Crippen molar-refractivity contribution in [3.63, 3.8) is 0 Å². The van der Waals surface area contributed by atoms with Gasteiger partial charge in [-0.25, -0.2) is 4.98 Å². The van der Waals surface area contributed by atoms with Crippen LogP contribution in [0.2, 0.25) is 10.3 Å². The summed E-state index contributed by atoms with van der Waals surface area (Å²) in [5.74, 6) is 0. The fourth-order valence-corrected chi connectivity index (χ4v) is 2.14. The van der Waals surface area contributed by atoms with Crippen molar-refractivity contribution in [1.29, 1.82) is 0 Å². The van der Waals surface area contributed by atoms with Crippen LogP contribution in [0.3, 0.4) is 0 Å². The van der Waals surface area contributed by atoms with E-state index in [2.05, 4.69) is 4.98 Å². The van der Waals surface area contributed by atoms with Crippen LogP contribution >= 0.6 is 34.5 Å². The minimum atomic E-state index is -0.0129. The van der Waals surface area contributed by atoms with Gasteiger partial charge in [-0.05, 0) is 6.07 Å². The Labute approximate surface area is 99.9 Å². The first kappa shape index (κ1) is 10.7. The number of nitrogens with zero attached hydrogens (tertiary/aromatic N) is 2. The third kappa shape index (κ3) is 2.40. The third-order valence-electron chi connectivity index (χ3n) is 1.88. The summed E-state index contributed by atoms with van der Waals surface area (Å²) in [5, 5.41) is 2.42. The molecular weight excluding hydrogens is 255 g/mol. The Kier molecular flexibility index (Phi) is 3.09. The van der Waals surface area contributed by atoms with Gasteiger partial charge in [0.25, 0.3) is 0 Å². The van der Waals surface area contributed by atoms with E-state index in [1.807, 2.05) is 0 Å². The standard InChI is InChI=1S/C9H6Cl2N2OS/c10-7-2-1-6(8(11)12-7)5-13-3-4-15-9(13)14/h1-4H,5H2. The molecule has 0 fully saturated rings. The molecule has 0 bridgehead atoms. The number of hydrogen-bond acceptors (Lipinski definition) is 3. The number of halogens is 2. The van der Waals surface area contributed by atoms with Crippen LogP contribution < -0.4 is 4.87 Å². The van der Waals surface area contributed by atoms with E-state index in [-0.39, 0.29) is 4.87 Å². The van der Waals surface area contributed by atoms with Crippen molar-refractivity contribution in [1.82, 2.24) is 9.55 Å². The highest BCUT2D eigenvalue weighted by molar-refractivity contribution is 7.07. The highest BCUT2D eigenvalue weighted by atomic mass is 35.5. The molecule has 0 aliphatic carbocycles. The summed E-state index contributed by atoms with van der Waals surface area (Å²) in [6, 6.07) is 3.42. The van der Waals surface area contributed by atoms with Crippen molar-refractivity contribution in [3.8, 4) is 0 Å². The zero-order valence-electron chi connectivity index (χ0n) is 7.48. The Morgan fingerprint density at radius 3 is 2.80 bits per heavy atom. The summed E-state index contributed by atoms with van der Waals surface area (Å²) < 4.78 is 1.57. The monoisotopic (exact) mass is 260 g/mol. The van der Waals surface area contributed by atoms with Crippen molar-refractivity contribution in [2.75, 3.05) is 0 Å². The van der Waals surface area contributed by atoms with Gasteiger partial charge in [0.05, 0.1) is 6.54 Å². The van der Waals surface area contributed by atoms with E-state index < -0.39 is 0 Å². The lowest BCUT2D eigenvalue weighted by molar-refractivity contribution is 0.780. The predicted molar refractivity (Wildman–Crippen MR) is 61.9 cm³/mol. The Bertz CT molecular complexity index is 535. The second-order valence-corrected chi connectivity index (χ2v) is 4.48. The van der Waals surface area contributed by atoms with E-state index >= 15 is 0 Å². The largest absolute Gasteiger partial charge is 0.307 e. The molecule has 0 radical (unpaired) electrons. The van der Waals surface area contributed by atoms with E-state index in [0.717, 1.165) is 16.9 Å². The molecule has 0 aliphatic rings. The molecule has 2 heterocycles. The van der Waals surface area contributed by atoms with Crippen LogP contribution in [0.1, 0.15) is 5.56 Å². The fourth-order valence-electron chi connectivity index (χ4n) is 1.15. The molecule has 0 aliphatic heterocycles. The quantitative estimate of drug-likeness (QED) is 0.779. The number of pyridine rings is 1. The van der Waals surface area contributed by atoms with Crippen LogP contribution in [-0.2, 0) is 6.54 Å². The number of aromatic nitrogens is 2. The minimum Gasteiger partial charge on any atom is -0.301 e. The van der Waals surface area contributed by atoms with E-state index in [1.165, 1.54) is 0 Å². The Balaban J connectivity index is 2.33. The molecule has 0 unspecified atom stereocenters. The predicted octanol–water partition coefficient (Wildman–Crippen LogP) is 2.66. The van der Waals surface area contributed by atoms with Crippen LogP contribution in [0.4, 0.5) is 0 Å². The van der Waals surface area contributed by atoms with Crippen LogP contribution in [0.15, 0.2) is 28.5 Å². The summed E-state index contributed by atoms with van der Waals surface area (Å²) >= 11 is 12.7. The summed E-state index contributed by atoms with van der Waals surface area (Å²) in [6.45, 7) is 0.422. The maximum absolute atomic E-state index is 11.3. The molecule has 0 saturated heterocycles. The topological polar surface area (TPSA) is 34.9 Å². The van der Waals surface area contributed by atoms with E-state index in [4.69, 9.17) is 23.2 Å². The van der Waals surface area contributed by atoms with Crippen molar-refractivity contribution >= 4 is 34.5 Å². The SMILES string of the molecule is O=c1sccn1Cc1ccc(Cl)nc1Cl. The average Bonchev–Trinajstić information content (AvgIpc) is 2.57. The molecule has 3 nitrogen and oxygen atoms in total. The van der Waals surface area contributed by atoms with Gasteiger partial charge in [-0.3, -0.25) is 4.79 Å². The molecule has 2 aromatic rings. The summed E-state index contributed by atoms with van der Waals surface area (Å²) in [5.41, 5.74) is 0.779. The van der Waals surface area contributed by atoms with E-state index in [0.29, 0.717) is 16.9 Å². The zero-order valence-corrected chi connectivity index (χ0v) is 9.81. The van der Waals surface area contributed by atoms with Gasteiger partial charge >= 0.3 is 4.87 Å². The first-order valence-electron chi connectivity index (χ1n) is 4.11. The van der Waals surface area contributed by atoms with Gasteiger partial charge in [-0.2, -0.15) is 0 Å². The lowest BCUT2D eigenvalue weighted by atomic mass is 10.3. The number of rotatable bonds is 2. The normalized spacial score (nSPS) is 10.5. The molecule has 15 heavy (non-hydrogen) atoms. The molecule has 0 atom stereocenters. The van der Waals surface area contributed by atoms with E-state index in [9.17, 15) is 4.79 Å². The van der Waals surface area contributed by atoms with Crippen molar-refractivity contribution in [2.24, 2.45) is 0 Å². The average molecular weight is 261 g/mol. The Hall–Kier alpha value is -0.840. The molecule has 0 spiro atoms. The maximum Gasteiger partial charge on any atom is 0.307 e. The number of hydrogen-bond donors (Lipinski definition) is 0. The van der Waals surface area contributed by atoms with Crippen LogP contribution in [-0.4, -0.2) is 9.55 Å². The van der Waals surface area contributed by atoms with Crippen LogP contribution in [0.5, 0.6) is 0 Å². The molecule has 78 valence electrons. The smallest absolute Gasteiger partial charge is 0.301 e. The van der Waals surface area contributed by atoms with Gasteiger partial charge in [0, 0.05) is 17.1 Å². The van der Waals surface area contributed by atoms with Crippen molar-refractivity contribution < 1.29 is 0 Å². The first-order chi connectivity index (χ1) is 7.16. The molecule has 0 saturated carbocycles. The highest BCUT2D eigenvalue weighted by Crippen LogP contribution is 2.17. The lowest BCUT2D eigenvalue weighted by Gasteiger charge is -2.03. The first-order valence-corrected chi connectivity index (χ1v) is 5.75. The highest BCUT2D eigenvalue weighted by Gasteiger charge is 2.04. The van der Waals surface area contributed by atoms with Gasteiger partial charge in [0.15, 0.2) is 0 Å². The van der Waals surface area contributed by atoms with Gasteiger partial charge < -0.3 is 4.57 Å². The van der Waals surface area contributed by atoms with Gasteiger partial charge in [-0.15, -0.1) is 0 Å². The third-order valence-corrected chi connectivity index (χ3v) is 3.11. The molecular formula is C9H6Cl2N2OS. The maximum atomic E-state index is 11.3. The second-order valence-electron chi connectivity index (χ2n) is 2.88. The zero-order chi connectivity index (χ0) is 10.8. The lowest BCUT2D eigenvalue weighted by Crippen LogP contribution is -2.13. The molecule has 0 N–H and O–H groups in total. The van der Waals surface area contributed by atoms with E-state index in [1.54, 1.807) is 28.3 Å².